The maximum Gasteiger partial charge on any atom is 0.0857 e. The van der Waals surface area contributed by atoms with Gasteiger partial charge in [-0.1, -0.05) is 19.1 Å². The van der Waals surface area contributed by atoms with Crippen LogP contribution < -0.4 is 0 Å². The van der Waals surface area contributed by atoms with Crippen LogP contribution in [0.5, 0.6) is 0 Å². The highest BCUT2D eigenvalue weighted by molar-refractivity contribution is 7.16. The van der Waals surface area contributed by atoms with Crippen molar-refractivity contribution in [1.82, 2.24) is 20.0 Å². The van der Waals surface area contributed by atoms with Gasteiger partial charge in [-0.15, -0.1) is 16.4 Å². The Morgan fingerprint density at radius 3 is 2.94 bits per heavy atom. The second-order valence-corrected chi connectivity index (χ2v) is 5.13. The first-order chi connectivity index (χ1) is 8.24. The molecule has 0 aliphatic heterocycles. The highest BCUT2D eigenvalue weighted by Crippen LogP contribution is 2.21. The Morgan fingerprint density at radius 1 is 1.29 bits per heavy atom. The molecular weight excluding hydrogens is 232 g/mol. The van der Waals surface area contributed by atoms with Crippen LogP contribution in [-0.2, 0) is 0 Å². The molecule has 2 heterocycles. The maximum absolute atomic E-state index is 4.30. The summed E-state index contributed by atoms with van der Waals surface area (Å²) in [7, 11) is 0. The molecule has 0 atom stereocenters. The van der Waals surface area contributed by atoms with Crippen LogP contribution in [0.2, 0.25) is 0 Å². The largest absolute Gasteiger partial charge is 0.245 e. The van der Waals surface area contributed by atoms with Crippen LogP contribution >= 0.6 is 11.3 Å². The van der Waals surface area contributed by atoms with Crippen LogP contribution in [0.1, 0.15) is 25.5 Å². The second kappa shape index (κ2) is 3.92. The van der Waals surface area contributed by atoms with Crippen molar-refractivity contribution in [2.45, 2.75) is 19.8 Å². The van der Waals surface area contributed by atoms with E-state index >= 15 is 0 Å². The number of fused-ring (bicyclic) bond motifs is 1. The summed E-state index contributed by atoms with van der Waals surface area (Å²) in [5.74, 6) is 0.395. The lowest BCUT2D eigenvalue weighted by Crippen LogP contribution is -1.94. The topological polar surface area (TPSA) is 43.6 Å². The zero-order chi connectivity index (χ0) is 11.8. The van der Waals surface area contributed by atoms with E-state index in [9.17, 15) is 0 Å². The van der Waals surface area contributed by atoms with E-state index in [-0.39, 0.29) is 0 Å². The molecule has 0 aliphatic carbocycles. The van der Waals surface area contributed by atoms with Gasteiger partial charge in [-0.25, -0.2) is 9.67 Å². The Hall–Kier alpha value is -1.75. The summed E-state index contributed by atoms with van der Waals surface area (Å²) in [6, 6.07) is 6.14. The smallest absolute Gasteiger partial charge is 0.0857 e. The number of rotatable bonds is 2. The van der Waals surface area contributed by atoms with Crippen LogP contribution in [0.25, 0.3) is 15.9 Å². The number of nitrogens with zero attached hydrogens (tertiary/aromatic N) is 4. The SMILES string of the molecule is CC(C)c1cn(-c2ccc3scnc3c2)nn1. The van der Waals surface area contributed by atoms with E-state index in [2.05, 4.69) is 35.2 Å². The number of hydrogen-bond acceptors (Lipinski definition) is 4. The van der Waals surface area contributed by atoms with E-state index in [1.807, 2.05) is 23.8 Å². The number of benzene rings is 1. The van der Waals surface area contributed by atoms with Gasteiger partial charge in [-0.2, -0.15) is 0 Å². The molecule has 0 amide bonds. The molecule has 17 heavy (non-hydrogen) atoms. The molecule has 0 N–H and O–H groups in total. The van der Waals surface area contributed by atoms with E-state index < -0.39 is 0 Å². The van der Waals surface area contributed by atoms with Crippen LogP contribution in [0.3, 0.4) is 0 Å². The normalized spacial score (nSPS) is 11.5. The average Bonchev–Trinajstić information content (AvgIpc) is 2.97. The minimum Gasteiger partial charge on any atom is -0.245 e. The van der Waals surface area contributed by atoms with Crippen molar-refractivity contribution >= 4 is 21.6 Å². The zero-order valence-corrected chi connectivity index (χ0v) is 10.5. The van der Waals surface area contributed by atoms with Crippen molar-refractivity contribution < 1.29 is 0 Å². The first-order valence-corrected chi connectivity index (χ1v) is 6.38. The van der Waals surface area contributed by atoms with Gasteiger partial charge in [0, 0.05) is 0 Å². The number of aromatic nitrogens is 4. The van der Waals surface area contributed by atoms with Gasteiger partial charge in [0.1, 0.15) is 0 Å². The van der Waals surface area contributed by atoms with Crippen molar-refractivity contribution in [3.63, 3.8) is 0 Å². The molecule has 86 valence electrons. The summed E-state index contributed by atoms with van der Waals surface area (Å²) in [5, 5.41) is 8.30. The molecule has 0 radical (unpaired) electrons. The third-order valence-corrected chi connectivity index (χ3v) is 3.49. The lowest BCUT2D eigenvalue weighted by molar-refractivity contribution is 0.776. The summed E-state index contributed by atoms with van der Waals surface area (Å²) in [6.45, 7) is 4.22. The van der Waals surface area contributed by atoms with Crippen LogP contribution in [0, 0.1) is 0 Å². The molecule has 0 bridgehead atoms. The molecule has 0 unspecified atom stereocenters. The zero-order valence-electron chi connectivity index (χ0n) is 9.66. The minimum absolute atomic E-state index is 0.395. The fourth-order valence-corrected chi connectivity index (χ4v) is 2.32. The highest BCUT2D eigenvalue weighted by atomic mass is 32.1. The highest BCUT2D eigenvalue weighted by Gasteiger charge is 2.07. The van der Waals surface area contributed by atoms with Crippen LogP contribution in [0.15, 0.2) is 29.9 Å². The van der Waals surface area contributed by atoms with Crippen LogP contribution in [0.4, 0.5) is 0 Å². The molecule has 3 aromatic rings. The van der Waals surface area contributed by atoms with E-state index in [1.54, 1.807) is 16.0 Å². The Balaban J connectivity index is 2.06. The third-order valence-electron chi connectivity index (χ3n) is 2.68. The van der Waals surface area contributed by atoms with E-state index in [1.165, 1.54) is 4.70 Å². The number of hydrogen-bond donors (Lipinski definition) is 0. The Bertz CT molecular complexity index is 653. The van der Waals surface area contributed by atoms with Gasteiger partial charge >= 0.3 is 0 Å². The minimum atomic E-state index is 0.395. The van der Waals surface area contributed by atoms with Crippen molar-refractivity contribution in [2.75, 3.05) is 0 Å². The van der Waals surface area contributed by atoms with E-state index in [4.69, 9.17) is 0 Å². The molecule has 0 fully saturated rings. The van der Waals surface area contributed by atoms with Crippen molar-refractivity contribution in [1.29, 1.82) is 0 Å². The van der Waals surface area contributed by atoms with E-state index in [0.29, 0.717) is 5.92 Å². The molecule has 0 aliphatic rings. The third kappa shape index (κ3) is 1.82. The fourth-order valence-electron chi connectivity index (χ4n) is 1.66. The number of thiazole rings is 1. The summed E-state index contributed by atoms with van der Waals surface area (Å²) in [6.07, 6.45) is 1.97. The fraction of sp³-hybridized carbons (Fsp3) is 0.250. The Kier molecular flexibility index (Phi) is 2.40. The van der Waals surface area contributed by atoms with Gasteiger partial charge in [-0.05, 0) is 24.1 Å². The molecule has 2 aromatic heterocycles. The van der Waals surface area contributed by atoms with Crippen molar-refractivity contribution in [2.24, 2.45) is 0 Å². The summed E-state index contributed by atoms with van der Waals surface area (Å²) >= 11 is 1.64. The van der Waals surface area contributed by atoms with Crippen LogP contribution in [-0.4, -0.2) is 20.0 Å². The molecule has 1 aromatic carbocycles. The van der Waals surface area contributed by atoms with Gasteiger partial charge < -0.3 is 0 Å². The van der Waals surface area contributed by atoms with Crippen molar-refractivity contribution in [3.8, 4) is 5.69 Å². The summed E-state index contributed by atoms with van der Waals surface area (Å²) in [4.78, 5) is 4.30. The molecular formula is C12H12N4S. The molecule has 0 saturated carbocycles. The van der Waals surface area contributed by atoms with Crippen molar-refractivity contribution in [3.05, 3.63) is 35.6 Å². The molecule has 4 nitrogen and oxygen atoms in total. The quantitative estimate of drug-likeness (QED) is 0.696. The van der Waals surface area contributed by atoms with Gasteiger partial charge in [0.2, 0.25) is 0 Å². The molecule has 0 spiro atoms. The van der Waals surface area contributed by atoms with Gasteiger partial charge in [-0.3, -0.25) is 0 Å². The predicted octanol–water partition coefficient (Wildman–Crippen LogP) is 3.00. The van der Waals surface area contributed by atoms with Gasteiger partial charge in [0.25, 0.3) is 0 Å². The lowest BCUT2D eigenvalue weighted by atomic mass is 10.2. The molecule has 0 saturated heterocycles. The standard InChI is InChI=1S/C12H12N4S/c1-8(2)11-6-16(15-14-11)9-3-4-12-10(5-9)13-7-17-12/h3-8H,1-2H3. The molecule has 5 heteroatoms. The Labute approximate surface area is 103 Å². The first-order valence-electron chi connectivity index (χ1n) is 5.50. The van der Waals surface area contributed by atoms with E-state index in [0.717, 1.165) is 16.9 Å². The summed E-state index contributed by atoms with van der Waals surface area (Å²) in [5.41, 5.74) is 4.87. The average molecular weight is 244 g/mol. The second-order valence-electron chi connectivity index (χ2n) is 4.25. The molecule has 3 rings (SSSR count). The van der Waals surface area contributed by atoms with Gasteiger partial charge in [0.15, 0.2) is 0 Å². The predicted molar refractivity (Wildman–Crippen MR) is 68.6 cm³/mol. The maximum atomic E-state index is 4.30. The first kappa shape index (κ1) is 10.4. The van der Waals surface area contributed by atoms with Gasteiger partial charge in [0.05, 0.1) is 33.3 Å². The Morgan fingerprint density at radius 2 is 2.18 bits per heavy atom. The monoisotopic (exact) mass is 244 g/mol. The summed E-state index contributed by atoms with van der Waals surface area (Å²) < 4.78 is 2.99. The lowest BCUT2D eigenvalue weighted by Gasteiger charge is -1.99.